The molecule has 4 nitrogen and oxygen atoms in total. The number of benzene rings is 4. The van der Waals surface area contributed by atoms with Crippen LogP contribution < -0.4 is 4.74 Å². The van der Waals surface area contributed by atoms with Crippen LogP contribution in [0.4, 0.5) is 32.0 Å². The van der Waals surface area contributed by atoms with E-state index in [4.69, 9.17) is 13.3 Å². The van der Waals surface area contributed by atoms with Crippen LogP contribution in [0.25, 0.3) is 11.1 Å². The van der Waals surface area contributed by atoms with Gasteiger partial charge in [-0.1, -0.05) is 0 Å². The molecule has 4 aromatic rings. The standard InChI is InChI=1S/C21H22Br2O2.C12H17N.C10H12.C4H4F6O.Mo/c1-25-21-17(23)11-13-7-3-5-9-15(13)19(21)18-14-8-4-2-6-12(14)10-16(22)20(18)24;1-8(2)10-6-5-7-11(9(3)4)12(10)13;1-10(2,3)9-7-5-4-6-8-9;1-2(11,3(5,6)7)4(8,9)10;/h10-11,24H,2-9H2,1H3;5-9H,1-4H3;1,4-8H,2-3H3;11H,1H3;. The van der Waals surface area contributed by atoms with Crippen LogP contribution in [0.3, 0.4) is 0 Å². The second-order valence-electron chi connectivity index (χ2n) is 16.6. The molecule has 0 aliphatic heterocycles. The Bertz CT molecular complexity index is 2130. The number of ether oxygens (including phenoxy) is 1. The first-order chi connectivity index (χ1) is 27.9. The zero-order valence-corrected chi connectivity index (χ0v) is 40.5. The van der Waals surface area contributed by atoms with E-state index >= 15 is 0 Å². The number of nitrogens with zero attached hydrogens (tertiary/aromatic N) is 1. The molecule has 2 N–H and O–H groups in total. The molecule has 0 saturated heterocycles. The number of methoxy groups -OCH3 is 1. The number of aryl methyl sites for hydroxylation is 2. The van der Waals surface area contributed by atoms with E-state index in [9.17, 15) is 31.4 Å². The topological polar surface area (TPSA) is 62.1 Å². The summed E-state index contributed by atoms with van der Waals surface area (Å²) in [6.07, 6.45) is -2.30. The summed E-state index contributed by atoms with van der Waals surface area (Å²) in [5.74, 6) is 2.22. The van der Waals surface area contributed by atoms with Gasteiger partial charge in [0.25, 0.3) is 5.60 Å². The van der Waals surface area contributed by atoms with Crippen LogP contribution in [-0.4, -0.2) is 39.7 Å². The second kappa shape index (κ2) is 20.7. The fourth-order valence-electron chi connectivity index (χ4n) is 7.36. The molecule has 328 valence electrons. The first-order valence-corrected chi connectivity index (χ1v) is 23.8. The normalized spacial score (nSPS) is 14.2. The summed E-state index contributed by atoms with van der Waals surface area (Å²) in [6.45, 7) is 13.3. The molecule has 0 fully saturated rings. The Morgan fingerprint density at radius 1 is 0.700 bits per heavy atom. The van der Waals surface area contributed by atoms with Crippen LogP contribution in [0, 0.1) is 0 Å². The molecule has 4 aromatic carbocycles. The molecule has 0 saturated carbocycles. The van der Waals surface area contributed by atoms with E-state index in [2.05, 4.69) is 138 Å². The van der Waals surface area contributed by atoms with Crippen LogP contribution in [0.1, 0.15) is 125 Å². The van der Waals surface area contributed by atoms with Gasteiger partial charge in [0, 0.05) is 11.1 Å². The van der Waals surface area contributed by atoms with Crippen LogP contribution in [0.5, 0.6) is 11.5 Å². The largest absolute Gasteiger partial charge is 0.506 e. The Balaban J connectivity index is 0.000000214. The number of phenolic OH excluding ortho intramolecular Hbond substituents is 1. The quantitative estimate of drug-likeness (QED) is 0.143. The van der Waals surface area contributed by atoms with Gasteiger partial charge in [-0.25, -0.2) is 0 Å². The van der Waals surface area contributed by atoms with E-state index in [0.29, 0.717) is 17.6 Å². The molecule has 0 atom stereocenters. The van der Waals surface area contributed by atoms with Crippen molar-refractivity contribution in [3.8, 4) is 22.6 Å². The van der Waals surface area contributed by atoms with Crippen molar-refractivity contribution in [2.75, 3.05) is 7.11 Å². The number of aromatic hydroxyl groups is 1. The van der Waals surface area contributed by atoms with Gasteiger partial charge >= 0.3 is 168 Å². The van der Waals surface area contributed by atoms with E-state index in [1.807, 2.05) is 0 Å². The van der Waals surface area contributed by atoms with E-state index in [-0.39, 0.29) is 12.3 Å². The van der Waals surface area contributed by atoms with Crippen molar-refractivity contribution in [3.63, 3.8) is 0 Å². The van der Waals surface area contributed by atoms with Gasteiger partial charge in [-0.2, -0.15) is 26.3 Å². The SMILES string of the molecule is CC(C)c1cccc(C(C)C)c1[N]=[Mo]=[CH]C(C)(C)c1ccccc1.CC(O)(C(F)(F)F)C(F)(F)F.COc1c(Br)cc2c(c1-c1c(O)c(Br)cc3c1CCCC3)CCCC2. The fourth-order valence-corrected chi connectivity index (χ4v) is 10.4. The van der Waals surface area contributed by atoms with Gasteiger partial charge in [-0.3, -0.25) is 0 Å². The predicted octanol–water partition coefficient (Wildman–Crippen LogP) is 14.8. The minimum Gasteiger partial charge on any atom is -0.506 e. The van der Waals surface area contributed by atoms with Gasteiger partial charge in [0.1, 0.15) is 11.5 Å². The zero-order valence-electron chi connectivity index (χ0n) is 35.3. The van der Waals surface area contributed by atoms with E-state index in [1.54, 1.807) is 7.11 Å². The number of hydrogen-bond acceptors (Lipinski definition) is 4. The third-order valence-electron chi connectivity index (χ3n) is 11.0. The Kier molecular flexibility index (Phi) is 17.2. The molecule has 0 aromatic heterocycles. The monoisotopic (exact) mass is 1050 g/mol. The maximum Gasteiger partial charge on any atom is 0.425 e. The molecule has 13 heteroatoms. The summed E-state index contributed by atoms with van der Waals surface area (Å²) in [5.41, 5.74) is 8.34. The molecule has 60 heavy (non-hydrogen) atoms. The molecule has 2 aliphatic rings. The maximum atomic E-state index is 11.4. The van der Waals surface area contributed by atoms with Crippen molar-refractivity contribution in [2.45, 2.75) is 135 Å². The number of phenols is 1. The Morgan fingerprint density at radius 3 is 1.62 bits per heavy atom. The molecule has 0 bridgehead atoms. The molecule has 0 unspecified atom stereocenters. The van der Waals surface area contributed by atoms with Gasteiger partial charge in [-0.05, 0) is 125 Å². The number of rotatable bonds is 7. The molecular weight excluding hydrogens is 996 g/mol. The average molecular weight is 1050 g/mol. The number of aliphatic hydroxyl groups is 1. The maximum absolute atomic E-state index is 11.4. The van der Waals surface area contributed by atoms with Crippen LogP contribution in [0.15, 0.2) is 73.1 Å². The van der Waals surface area contributed by atoms with Crippen LogP contribution in [-0.2, 0) is 49.0 Å². The van der Waals surface area contributed by atoms with E-state index in [0.717, 1.165) is 51.5 Å². The molecule has 2 aliphatic carbocycles. The summed E-state index contributed by atoms with van der Waals surface area (Å²) in [4.78, 5) is 0. The smallest absolute Gasteiger partial charge is 0.425 e. The molecule has 0 amide bonds. The first kappa shape index (κ1) is 50.0. The third-order valence-corrected chi connectivity index (χ3v) is 14.7. The molecule has 0 radical (unpaired) electrons. The summed E-state index contributed by atoms with van der Waals surface area (Å²) in [6, 6.07) is 21.7. The Hall–Kier alpha value is -2.66. The van der Waals surface area contributed by atoms with Crippen molar-refractivity contribution in [3.05, 3.63) is 109 Å². The summed E-state index contributed by atoms with van der Waals surface area (Å²) >= 11 is 6.73. The molecule has 6 rings (SSSR count). The third kappa shape index (κ3) is 11.7. The summed E-state index contributed by atoms with van der Waals surface area (Å²) < 4.78 is 83.3. The number of fused-ring (bicyclic) bond motifs is 2. The number of alkyl halides is 6. The second-order valence-corrected chi connectivity index (χ2v) is 19.9. The summed E-state index contributed by atoms with van der Waals surface area (Å²) in [5, 5.41) is 18.9. The predicted molar refractivity (Wildman–Crippen MR) is 234 cm³/mol. The van der Waals surface area contributed by atoms with Gasteiger partial charge in [-0.15, -0.1) is 0 Å². The van der Waals surface area contributed by atoms with E-state index in [1.165, 1.54) is 70.3 Å². The fraction of sp³-hybridized carbons (Fsp3) is 0.468. The minimum atomic E-state index is -5.69. The average Bonchev–Trinajstić information content (AvgIpc) is 3.18. The van der Waals surface area contributed by atoms with Gasteiger partial charge in [0.15, 0.2) is 0 Å². The number of halogens is 8. The van der Waals surface area contributed by atoms with Crippen molar-refractivity contribution in [2.24, 2.45) is 3.50 Å². The van der Waals surface area contributed by atoms with Crippen molar-refractivity contribution in [1.82, 2.24) is 0 Å². The van der Waals surface area contributed by atoms with Crippen LogP contribution in [0.2, 0.25) is 0 Å². The van der Waals surface area contributed by atoms with Crippen molar-refractivity contribution < 1.29 is 59.2 Å². The van der Waals surface area contributed by atoms with Gasteiger partial charge < -0.3 is 14.9 Å². The first-order valence-electron chi connectivity index (χ1n) is 20.1. The Morgan fingerprint density at radius 2 is 1.17 bits per heavy atom. The van der Waals surface area contributed by atoms with Crippen molar-refractivity contribution >= 4 is 41.9 Å². The zero-order chi connectivity index (χ0) is 44.8. The molecular formula is C47H55Br2F6MoNO3. The number of hydrogen-bond donors (Lipinski definition) is 2. The summed E-state index contributed by atoms with van der Waals surface area (Å²) in [7, 11) is 1.72. The molecule has 0 heterocycles. The van der Waals surface area contributed by atoms with Crippen molar-refractivity contribution in [1.29, 1.82) is 0 Å². The Labute approximate surface area is 375 Å². The van der Waals surface area contributed by atoms with Gasteiger partial charge in [0.05, 0.1) is 16.1 Å². The van der Waals surface area contributed by atoms with E-state index < -0.39 is 35.9 Å². The molecule has 0 spiro atoms. The van der Waals surface area contributed by atoms with Gasteiger partial charge in [0.2, 0.25) is 0 Å². The van der Waals surface area contributed by atoms with Crippen LogP contribution >= 0.6 is 31.9 Å². The minimum absolute atomic E-state index is 0.0811.